The second-order valence-electron chi connectivity index (χ2n) is 5.75. The molecule has 0 N–H and O–H groups in total. The van der Waals surface area contributed by atoms with Crippen molar-refractivity contribution in [1.82, 2.24) is 4.98 Å². The van der Waals surface area contributed by atoms with Gasteiger partial charge in [-0.1, -0.05) is 29.8 Å². The van der Waals surface area contributed by atoms with Crippen molar-refractivity contribution in [3.63, 3.8) is 0 Å². The first kappa shape index (κ1) is 13.1. The summed E-state index contributed by atoms with van der Waals surface area (Å²) in [6.07, 6.45) is 0. The largest absolute Gasteiger partial charge is 0.476 e. The van der Waals surface area contributed by atoms with E-state index in [9.17, 15) is 0 Å². The molecule has 0 amide bonds. The van der Waals surface area contributed by atoms with Gasteiger partial charge in [-0.2, -0.15) is 0 Å². The summed E-state index contributed by atoms with van der Waals surface area (Å²) in [4.78, 5) is 7.04. The molecule has 2 aromatic carbocycles. The molecule has 0 radical (unpaired) electrons. The predicted octanol–water partition coefficient (Wildman–Crippen LogP) is 3.94. The molecular weight excluding hydrogens is 272 g/mol. The van der Waals surface area contributed by atoms with E-state index in [1.807, 2.05) is 6.07 Å². The quantitative estimate of drug-likeness (QED) is 0.678. The summed E-state index contributed by atoms with van der Waals surface area (Å²) in [6, 6.07) is 19.0. The van der Waals surface area contributed by atoms with E-state index in [4.69, 9.17) is 9.72 Å². The molecule has 0 spiro atoms. The number of para-hydroxylation sites is 1. The maximum absolute atomic E-state index is 5.89. The predicted molar refractivity (Wildman–Crippen MR) is 89.5 cm³/mol. The van der Waals surface area contributed by atoms with Crippen molar-refractivity contribution >= 4 is 16.6 Å². The smallest absolute Gasteiger partial charge is 0.219 e. The maximum Gasteiger partial charge on any atom is 0.219 e. The van der Waals surface area contributed by atoms with E-state index in [0.29, 0.717) is 6.61 Å². The Labute approximate surface area is 130 Å². The van der Waals surface area contributed by atoms with Gasteiger partial charge in [0.1, 0.15) is 6.61 Å². The third kappa shape index (κ3) is 2.39. The molecule has 110 valence electrons. The molecule has 0 fully saturated rings. The summed E-state index contributed by atoms with van der Waals surface area (Å²) in [6.45, 7) is 4.47. The van der Waals surface area contributed by atoms with Gasteiger partial charge in [0, 0.05) is 23.2 Å². The third-order valence-corrected chi connectivity index (χ3v) is 4.09. The van der Waals surface area contributed by atoms with Crippen molar-refractivity contribution in [2.75, 3.05) is 18.1 Å². The normalized spacial score (nSPS) is 14.3. The van der Waals surface area contributed by atoms with Crippen LogP contribution in [0.2, 0.25) is 0 Å². The number of ether oxygens (including phenoxy) is 1. The molecule has 1 aliphatic heterocycles. The van der Waals surface area contributed by atoms with Crippen molar-refractivity contribution in [3.8, 4) is 5.88 Å². The Morgan fingerprint density at radius 2 is 1.91 bits per heavy atom. The highest BCUT2D eigenvalue weighted by molar-refractivity contribution is 5.81. The van der Waals surface area contributed by atoms with Gasteiger partial charge in [-0.15, -0.1) is 0 Å². The van der Waals surface area contributed by atoms with Crippen molar-refractivity contribution in [2.24, 2.45) is 0 Å². The minimum absolute atomic E-state index is 0.659. The highest BCUT2D eigenvalue weighted by Crippen LogP contribution is 2.28. The fraction of sp³-hybridized carbons (Fsp3) is 0.211. The van der Waals surface area contributed by atoms with Gasteiger partial charge in [-0.3, -0.25) is 0 Å². The van der Waals surface area contributed by atoms with Gasteiger partial charge in [-0.05, 0) is 37.3 Å². The summed E-state index contributed by atoms with van der Waals surface area (Å²) in [5.41, 5.74) is 4.63. The highest BCUT2D eigenvalue weighted by Gasteiger charge is 2.17. The van der Waals surface area contributed by atoms with Crippen molar-refractivity contribution < 1.29 is 4.74 Å². The van der Waals surface area contributed by atoms with Crippen LogP contribution in [0.25, 0.3) is 10.9 Å². The number of aryl methyl sites for hydroxylation is 1. The zero-order valence-electron chi connectivity index (χ0n) is 12.6. The summed E-state index contributed by atoms with van der Waals surface area (Å²) in [5, 5.41) is 1.18. The zero-order chi connectivity index (χ0) is 14.9. The van der Waals surface area contributed by atoms with Gasteiger partial charge in [0.15, 0.2) is 0 Å². The maximum atomic E-state index is 5.89. The molecule has 0 atom stereocenters. The van der Waals surface area contributed by atoms with Crippen LogP contribution in [-0.2, 0) is 6.54 Å². The molecule has 22 heavy (non-hydrogen) atoms. The third-order valence-electron chi connectivity index (χ3n) is 4.09. The molecule has 4 rings (SSSR count). The van der Waals surface area contributed by atoms with Gasteiger partial charge in [-0.25, -0.2) is 4.98 Å². The Hall–Kier alpha value is -2.55. The van der Waals surface area contributed by atoms with E-state index in [2.05, 4.69) is 60.4 Å². The lowest BCUT2D eigenvalue weighted by molar-refractivity contribution is 0.320. The standard InChI is InChI=1S/C19H18N2O/c1-14-7-8-18-15(11-14)12-16-13-21(9-10-22-19(16)20-18)17-5-3-2-4-6-17/h2-8,11-12H,9-10,13H2,1H3. The second kappa shape index (κ2) is 5.34. The van der Waals surface area contributed by atoms with E-state index in [1.165, 1.54) is 16.6 Å². The number of hydrogen-bond donors (Lipinski definition) is 0. The molecule has 0 saturated carbocycles. The monoisotopic (exact) mass is 290 g/mol. The van der Waals surface area contributed by atoms with Gasteiger partial charge in [0.25, 0.3) is 0 Å². The molecule has 3 aromatic rings. The summed E-state index contributed by atoms with van der Waals surface area (Å²) in [7, 11) is 0. The minimum Gasteiger partial charge on any atom is -0.476 e. The molecule has 0 unspecified atom stereocenters. The molecule has 3 nitrogen and oxygen atoms in total. The highest BCUT2D eigenvalue weighted by atomic mass is 16.5. The molecule has 3 heteroatoms. The zero-order valence-corrected chi connectivity index (χ0v) is 12.6. The topological polar surface area (TPSA) is 25.4 Å². The minimum atomic E-state index is 0.659. The lowest BCUT2D eigenvalue weighted by Crippen LogP contribution is -2.25. The molecule has 2 heterocycles. The van der Waals surface area contributed by atoms with Crippen molar-refractivity contribution in [1.29, 1.82) is 0 Å². The number of fused-ring (bicyclic) bond motifs is 2. The lowest BCUT2D eigenvalue weighted by atomic mass is 10.1. The molecule has 1 aromatic heterocycles. The van der Waals surface area contributed by atoms with Crippen LogP contribution < -0.4 is 9.64 Å². The molecule has 1 aliphatic rings. The Morgan fingerprint density at radius 3 is 2.77 bits per heavy atom. The van der Waals surface area contributed by atoms with Crippen LogP contribution in [0.3, 0.4) is 0 Å². The Kier molecular flexibility index (Phi) is 3.19. The molecule has 0 aliphatic carbocycles. The summed E-state index contributed by atoms with van der Waals surface area (Å²) < 4.78 is 5.89. The van der Waals surface area contributed by atoms with Crippen LogP contribution in [0, 0.1) is 6.92 Å². The molecule has 0 saturated heterocycles. The van der Waals surface area contributed by atoms with Gasteiger partial charge >= 0.3 is 0 Å². The van der Waals surface area contributed by atoms with Crippen LogP contribution in [0.5, 0.6) is 5.88 Å². The van der Waals surface area contributed by atoms with Crippen LogP contribution in [-0.4, -0.2) is 18.1 Å². The number of nitrogens with zero attached hydrogens (tertiary/aromatic N) is 2. The summed E-state index contributed by atoms with van der Waals surface area (Å²) in [5.74, 6) is 0.773. The molecular formula is C19H18N2O. The number of rotatable bonds is 1. The van der Waals surface area contributed by atoms with E-state index < -0.39 is 0 Å². The van der Waals surface area contributed by atoms with E-state index in [1.54, 1.807) is 0 Å². The van der Waals surface area contributed by atoms with Crippen LogP contribution in [0.1, 0.15) is 11.1 Å². The Bertz CT molecular complexity index is 814. The number of aromatic nitrogens is 1. The number of hydrogen-bond acceptors (Lipinski definition) is 3. The van der Waals surface area contributed by atoms with E-state index in [-0.39, 0.29) is 0 Å². The van der Waals surface area contributed by atoms with Crippen molar-refractivity contribution in [3.05, 3.63) is 65.7 Å². The average Bonchev–Trinajstić information content (AvgIpc) is 2.75. The van der Waals surface area contributed by atoms with Crippen LogP contribution >= 0.6 is 0 Å². The SMILES string of the molecule is Cc1ccc2nc3c(cc2c1)CN(c1ccccc1)CCO3. The van der Waals surface area contributed by atoms with Gasteiger partial charge in [0.2, 0.25) is 5.88 Å². The second-order valence-corrected chi connectivity index (χ2v) is 5.75. The first-order chi connectivity index (χ1) is 10.8. The van der Waals surface area contributed by atoms with E-state index >= 15 is 0 Å². The van der Waals surface area contributed by atoms with Crippen LogP contribution in [0.4, 0.5) is 5.69 Å². The van der Waals surface area contributed by atoms with Gasteiger partial charge in [0.05, 0.1) is 12.1 Å². The van der Waals surface area contributed by atoms with E-state index in [0.717, 1.165) is 30.0 Å². The van der Waals surface area contributed by atoms with Crippen molar-refractivity contribution in [2.45, 2.75) is 13.5 Å². The fourth-order valence-electron chi connectivity index (χ4n) is 2.96. The first-order valence-electron chi connectivity index (χ1n) is 7.63. The number of benzene rings is 2. The Balaban J connectivity index is 1.76. The Morgan fingerprint density at radius 1 is 1.05 bits per heavy atom. The molecule has 0 bridgehead atoms. The summed E-state index contributed by atoms with van der Waals surface area (Å²) >= 11 is 0. The first-order valence-corrected chi connectivity index (χ1v) is 7.63. The fourth-order valence-corrected chi connectivity index (χ4v) is 2.96. The number of anilines is 1. The van der Waals surface area contributed by atoms with Crippen LogP contribution in [0.15, 0.2) is 54.6 Å². The average molecular weight is 290 g/mol. The number of pyridine rings is 1. The lowest BCUT2D eigenvalue weighted by Gasteiger charge is -2.21. The van der Waals surface area contributed by atoms with Gasteiger partial charge < -0.3 is 9.64 Å².